The molecule has 3 N–H and O–H groups in total. The highest BCUT2D eigenvalue weighted by molar-refractivity contribution is 7.51. The van der Waals surface area contributed by atoms with Crippen LogP contribution in [0.25, 0.3) is 0 Å². The number of aliphatic hydroxyl groups excluding tert-OH is 1. The highest BCUT2D eigenvalue weighted by Crippen LogP contribution is 2.70. The minimum absolute atomic E-state index is 0.158. The summed E-state index contributed by atoms with van der Waals surface area (Å²) < 4.78 is 35.6. The van der Waals surface area contributed by atoms with Crippen LogP contribution in [0, 0.1) is 5.41 Å². The number of carbonyl (C=O) groups excluding carboxylic acids is 1. The van der Waals surface area contributed by atoms with E-state index in [9.17, 15) is 24.1 Å². The van der Waals surface area contributed by atoms with Crippen LogP contribution in [0.15, 0.2) is 21.9 Å². The summed E-state index contributed by atoms with van der Waals surface area (Å²) in [7, 11) is -3.83. The van der Waals surface area contributed by atoms with Crippen LogP contribution in [0.3, 0.4) is 0 Å². The van der Waals surface area contributed by atoms with E-state index in [2.05, 4.69) is 10.1 Å². The molecule has 1 spiro atoms. The molecule has 4 rings (SSSR count). The van der Waals surface area contributed by atoms with E-state index in [0.29, 0.717) is 0 Å². The SMILES string of the molecule is CC(C)OC(=O)C(C)NP1(=O)OCC23C(O)C(n4ccc(=O)[nH]c4=O)OC2C3O1. The number of hydrogen-bond donors (Lipinski definition) is 3. The third-order valence-electron chi connectivity index (χ3n) is 5.25. The largest absolute Gasteiger partial charge is 0.462 e. The van der Waals surface area contributed by atoms with E-state index in [1.807, 2.05) is 0 Å². The average molecular weight is 431 g/mol. The maximum atomic E-state index is 12.9. The summed E-state index contributed by atoms with van der Waals surface area (Å²) in [4.78, 5) is 37.2. The van der Waals surface area contributed by atoms with Gasteiger partial charge in [-0.05, 0) is 20.8 Å². The fourth-order valence-electron chi connectivity index (χ4n) is 3.73. The van der Waals surface area contributed by atoms with Crippen molar-refractivity contribution in [3.8, 4) is 0 Å². The molecule has 2 aliphatic heterocycles. The highest BCUT2D eigenvalue weighted by atomic mass is 31.2. The summed E-state index contributed by atoms with van der Waals surface area (Å²) in [6.45, 7) is 4.70. The third-order valence-corrected chi connectivity index (χ3v) is 6.93. The van der Waals surface area contributed by atoms with E-state index in [1.54, 1.807) is 13.8 Å². The van der Waals surface area contributed by atoms with E-state index >= 15 is 0 Å². The number of nitrogens with zero attached hydrogens (tertiary/aromatic N) is 1. The van der Waals surface area contributed by atoms with Crippen molar-refractivity contribution in [2.24, 2.45) is 5.41 Å². The second-order valence-electron chi connectivity index (χ2n) is 7.66. The van der Waals surface area contributed by atoms with Gasteiger partial charge in [-0.25, -0.2) is 14.4 Å². The second kappa shape index (κ2) is 6.86. The van der Waals surface area contributed by atoms with Gasteiger partial charge in [-0.2, -0.15) is 0 Å². The number of esters is 1. The molecule has 7 atom stereocenters. The first-order valence-corrected chi connectivity index (χ1v) is 10.7. The van der Waals surface area contributed by atoms with Crippen LogP contribution in [0.4, 0.5) is 0 Å². The number of H-pyrrole nitrogens is 1. The molecule has 1 aromatic heterocycles. The summed E-state index contributed by atoms with van der Waals surface area (Å²) >= 11 is 0. The lowest BCUT2D eigenvalue weighted by molar-refractivity contribution is -0.149. The van der Waals surface area contributed by atoms with E-state index in [1.165, 1.54) is 13.1 Å². The van der Waals surface area contributed by atoms with Gasteiger partial charge in [0, 0.05) is 12.3 Å². The molecule has 2 saturated heterocycles. The molecule has 0 bridgehead atoms. The molecule has 1 aliphatic carbocycles. The first kappa shape index (κ1) is 20.5. The predicted octanol–water partition coefficient (Wildman–Crippen LogP) is -0.752. The number of aliphatic hydroxyl groups is 1. The minimum atomic E-state index is -3.83. The summed E-state index contributed by atoms with van der Waals surface area (Å²) in [5.41, 5.74) is -2.28. The van der Waals surface area contributed by atoms with Crippen molar-refractivity contribution in [1.82, 2.24) is 14.6 Å². The predicted molar refractivity (Wildman–Crippen MR) is 95.9 cm³/mol. The first-order chi connectivity index (χ1) is 13.6. The minimum Gasteiger partial charge on any atom is -0.462 e. The molecule has 7 unspecified atom stereocenters. The Bertz CT molecular complexity index is 990. The fourth-order valence-corrected chi connectivity index (χ4v) is 5.51. The standard InChI is InChI=1S/C16H22N3O9P/c1-7(2)26-14(22)8(3)18-29(24)25-6-16-10(21)13(27-11(16)12(16)28-29)19-5-4-9(20)17-15(19)23/h4-5,7-8,10-13,21H,6H2,1-3H3,(H,18,24)(H,17,20,23). The lowest BCUT2D eigenvalue weighted by Crippen LogP contribution is -2.44. The Balaban J connectivity index is 1.45. The van der Waals surface area contributed by atoms with Gasteiger partial charge < -0.3 is 14.6 Å². The lowest BCUT2D eigenvalue weighted by atomic mass is 9.99. The van der Waals surface area contributed by atoms with E-state index in [-0.39, 0.29) is 12.7 Å². The first-order valence-electron chi connectivity index (χ1n) is 9.14. The van der Waals surface area contributed by atoms with Crippen LogP contribution < -0.4 is 16.3 Å². The lowest BCUT2D eigenvalue weighted by Gasteiger charge is -2.33. The van der Waals surface area contributed by atoms with Gasteiger partial charge in [0.1, 0.15) is 24.4 Å². The molecule has 3 aliphatic rings. The molecule has 29 heavy (non-hydrogen) atoms. The number of rotatable bonds is 5. The van der Waals surface area contributed by atoms with Crippen LogP contribution >= 0.6 is 7.75 Å². The molecular formula is C16H22N3O9P. The maximum Gasteiger partial charge on any atom is 0.406 e. The number of fused-ring (bicyclic) bond motifs is 1. The zero-order valence-electron chi connectivity index (χ0n) is 15.9. The number of nitrogens with one attached hydrogen (secondary N) is 2. The van der Waals surface area contributed by atoms with Crippen LogP contribution in [0.1, 0.15) is 27.0 Å². The molecular weight excluding hydrogens is 409 g/mol. The van der Waals surface area contributed by atoms with Gasteiger partial charge in [-0.15, -0.1) is 0 Å². The van der Waals surface area contributed by atoms with Gasteiger partial charge in [0.25, 0.3) is 5.56 Å². The van der Waals surface area contributed by atoms with Crippen molar-refractivity contribution in [2.45, 2.75) is 57.5 Å². The number of carbonyl (C=O) groups is 1. The maximum absolute atomic E-state index is 12.9. The second-order valence-corrected chi connectivity index (χ2v) is 9.38. The van der Waals surface area contributed by atoms with Crippen LogP contribution in [-0.2, 0) is 27.9 Å². The van der Waals surface area contributed by atoms with Crippen molar-refractivity contribution in [1.29, 1.82) is 0 Å². The molecule has 0 radical (unpaired) electrons. The molecule has 0 aromatic carbocycles. The molecule has 0 amide bonds. The zero-order chi connectivity index (χ0) is 21.1. The molecule has 1 saturated carbocycles. The van der Waals surface area contributed by atoms with Crippen molar-refractivity contribution in [3.05, 3.63) is 33.1 Å². The van der Waals surface area contributed by atoms with Crippen LogP contribution in [0.2, 0.25) is 0 Å². The Morgan fingerprint density at radius 1 is 1.41 bits per heavy atom. The van der Waals surface area contributed by atoms with Crippen molar-refractivity contribution in [2.75, 3.05) is 6.61 Å². The van der Waals surface area contributed by atoms with Gasteiger partial charge in [-0.1, -0.05) is 0 Å². The zero-order valence-corrected chi connectivity index (χ0v) is 16.8. The topological polar surface area (TPSA) is 158 Å². The van der Waals surface area contributed by atoms with Gasteiger partial charge in [0.2, 0.25) is 0 Å². The number of aromatic nitrogens is 2. The average Bonchev–Trinajstić information content (AvgIpc) is 3.14. The monoisotopic (exact) mass is 431 g/mol. The van der Waals surface area contributed by atoms with Gasteiger partial charge in [-0.3, -0.25) is 28.2 Å². The summed E-state index contributed by atoms with van der Waals surface area (Å²) in [5.74, 6) is -0.604. The Kier molecular flexibility index (Phi) is 4.84. The quantitative estimate of drug-likeness (QED) is 0.400. The molecule has 12 nitrogen and oxygen atoms in total. The fraction of sp³-hybridized carbons (Fsp3) is 0.688. The Labute approximate surface area is 164 Å². The van der Waals surface area contributed by atoms with E-state index < -0.39 is 61.0 Å². The third kappa shape index (κ3) is 3.29. The molecule has 1 aromatic rings. The normalized spacial score (nSPS) is 38.9. The number of aromatic amines is 1. The van der Waals surface area contributed by atoms with E-state index in [0.717, 1.165) is 10.6 Å². The molecule has 13 heteroatoms. The summed E-state index contributed by atoms with van der Waals surface area (Å²) in [6.07, 6.45) is -2.73. The van der Waals surface area contributed by atoms with E-state index in [4.69, 9.17) is 18.5 Å². The Morgan fingerprint density at radius 2 is 2.14 bits per heavy atom. The van der Waals surface area contributed by atoms with Crippen LogP contribution in [-0.4, -0.2) is 57.7 Å². The number of hydrogen-bond acceptors (Lipinski definition) is 9. The van der Waals surface area contributed by atoms with Gasteiger partial charge >= 0.3 is 19.4 Å². The Morgan fingerprint density at radius 3 is 2.79 bits per heavy atom. The number of ether oxygens (including phenoxy) is 2. The smallest absolute Gasteiger partial charge is 0.406 e. The van der Waals surface area contributed by atoms with Gasteiger partial charge in [0.15, 0.2) is 6.23 Å². The Hall–Kier alpha value is -1.82. The van der Waals surface area contributed by atoms with Crippen LogP contribution in [0.5, 0.6) is 0 Å². The highest BCUT2D eigenvalue weighted by Gasteiger charge is 2.81. The molecule has 160 valence electrons. The molecule has 3 heterocycles. The molecule has 3 fully saturated rings. The van der Waals surface area contributed by atoms with Crippen molar-refractivity contribution >= 4 is 13.7 Å². The summed E-state index contributed by atoms with van der Waals surface area (Å²) in [6, 6.07) is 0.203. The summed E-state index contributed by atoms with van der Waals surface area (Å²) in [5, 5.41) is 13.3. The van der Waals surface area contributed by atoms with Crippen molar-refractivity contribution in [3.63, 3.8) is 0 Å². The van der Waals surface area contributed by atoms with Gasteiger partial charge in [0.05, 0.1) is 18.1 Å². The van der Waals surface area contributed by atoms with Crippen molar-refractivity contribution < 1.29 is 33.0 Å².